The highest BCUT2D eigenvalue weighted by Crippen LogP contribution is 2.25. The van der Waals surface area contributed by atoms with Crippen molar-refractivity contribution >= 4 is 44.8 Å². The van der Waals surface area contributed by atoms with Gasteiger partial charge in [0.1, 0.15) is 17.6 Å². The Labute approximate surface area is 151 Å². The average molecular weight is 405 g/mol. The summed E-state index contributed by atoms with van der Waals surface area (Å²) < 4.78 is 14.4. The van der Waals surface area contributed by atoms with E-state index < -0.39 is 23.7 Å². The highest BCUT2D eigenvalue weighted by molar-refractivity contribution is 9.10. The molecule has 0 spiro atoms. The summed E-state index contributed by atoms with van der Waals surface area (Å²) >= 11 is 3.15. The smallest absolute Gasteiger partial charge is 0.272 e. The molecule has 0 fully saturated rings. The van der Waals surface area contributed by atoms with Gasteiger partial charge < -0.3 is 11.1 Å². The summed E-state index contributed by atoms with van der Waals surface area (Å²) in [7, 11) is 0. The molecule has 1 heterocycles. The van der Waals surface area contributed by atoms with Crippen molar-refractivity contribution in [3.63, 3.8) is 0 Å². The van der Waals surface area contributed by atoms with Crippen LogP contribution in [0.25, 0.3) is 0 Å². The van der Waals surface area contributed by atoms with Gasteiger partial charge in [0.2, 0.25) is 5.91 Å². The molecular weight excluding hydrogens is 391 g/mol. The van der Waals surface area contributed by atoms with E-state index in [1.165, 1.54) is 17.1 Å². The fourth-order valence-electron chi connectivity index (χ4n) is 2.47. The summed E-state index contributed by atoms with van der Waals surface area (Å²) in [5.41, 5.74) is 6.21. The maximum atomic E-state index is 13.9. The molecule has 0 unspecified atom stereocenters. The Morgan fingerprint density at radius 2 is 1.96 bits per heavy atom. The largest absolute Gasteiger partial charge is 0.368 e. The number of benzene rings is 2. The third-order valence-corrected chi connectivity index (χ3v) is 4.19. The second-order valence-corrected chi connectivity index (χ2v) is 6.34. The van der Waals surface area contributed by atoms with Crippen LogP contribution in [0.15, 0.2) is 58.1 Å². The Hall–Kier alpha value is -2.74. The molecule has 0 aliphatic carbocycles. The van der Waals surface area contributed by atoms with Gasteiger partial charge in [0.15, 0.2) is 0 Å². The van der Waals surface area contributed by atoms with Crippen LogP contribution in [-0.4, -0.2) is 23.6 Å². The molecule has 0 saturated carbocycles. The van der Waals surface area contributed by atoms with Gasteiger partial charge >= 0.3 is 0 Å². The molecule has 0 bridgehead atoms. The number of nitrogens with zero attached hydrogens (tertiary/aromatic N) is 2. The van der Waals surface area contributed by atoms with E-state index in [0.717, 1.165) is 0 Å². The van der Waals surface area contributed by atoms with Crippen LogP contribution in [0.5, 0.6) is 0 Å². The molecule has 2 aromatic rings. The van der Waals surface area contributed by atoms with Gasteiger partial charge in [-0.3, -0.25) is 14.6 Å². The predicted octanol–water partition coefficient (Wildman–Crippen LogP) is 2.65. The van der Waals surface area contributed by atoms with Crippen LogP contribution < -0.4 is 16.1 Å². The molecule has 8 heteroatoms. The topological polar surface area (TPSA) is 87.8 Å². The number of amides is 2. The molecule has 0 saturated heterocycles. The molecule has 25 heavy (non-hydrogen) atoms. The normalized spacial score (nSPS) is 16.5. The van der Waals surface area contributed by atoms with Crippen LogP contribution in [0.3, 0.4) is 0 Å². The quantitative estimate of drug-likeness (QED) is 0.820. The molecular formula is C17H14BrFN4O2. The highest BCUT2D eigenvalue weighted by atomic mass is 79.9. The number of halogens is 2. The van der Waals surface area contributed by atoms with Gasteiger partial charge in [-0.2, -0.15) is 5.10 Å². The first-order valence-electron chi connectivity index (χ1n) is 7.43. The lowest BCUT2D eigenvalue weighted by Crippen LogP contribution is -2.39. The molecule has 6 nitrogen and oxygen atoms in total. The van der Waals surface area contributed by atoms with E-state index in [-0.39, 0.29) is 17.8 Å². The van der Waals surface area contributed by atoms with Crippen molar-refractivity contribution in [2.45, 2.75) is 12.5 Å². The monoisotopic (exact) mass is 404 g/mol. The highest BCUT2D eigenvalue weighted by Gasteiger charge is 2.35. The molecule has 2 aromatic carbocycles. The van der Waals surface area contributed by atoms with Gasteiger partial charge in [-0.15, -0.1) is 0 Å². The van der Waals surface area contributed by atoms with Gasteiger partial charge in [-0.25, -0.2) is 4.39 Å². The molecule has 1 aliphatic rings. The van der Waals surface area contributed by atoms with E-state index >= 15 is 0 Å². The van der Waals surface area contributed by atoms with Crippen LogP contribution in [0, 0.1) is 5.82 Å². The zero-order valence-corrected chi connectivity index (χ0v) is 14.5. The Bertz CT molecular complexity index is 857. The minimum Gasteiger partial charge on any atom is -0.368 e. The van der Waals surface area contributed by atoms with Crippen molar-refractivity contribution in [3.05, 3.63) is 58.8 Å². The number of hydrogen-bond donors (Lipinski definition) is 2. The van der Waals surface area contributed by atoms with Crippen LogP contribution in [0.2, 0.25) is 0 Å². The van der Waals surface area contributed by atoms with Crippen LogP contribution >= 0.6 is 15.9 Å². The number of carbonyl (C=O) groups is 2. The summed E-state index contributed by atoms with van der Waals surface area (Å²) in [4.78, 5) is 24.1. The Morgan fingerprint density at radius 1 is 1.24 bits per heavy atom. The van der Waals surface area contributed by atoms with Gasteiger partial charge in [0, 0.05) is 10.9 Å². The first kappa shape index (κ1) is 17.1. The third-order valence-electron chi connectivity index (χ3n) is 3.70. The number of primary amides is 1. The van der Waals surface area contributed by atoms with Crippen LogP contribution in [-0.2, 0) is 9.59 Å². The lowest BCUT2D eigenvalue weighted by atomic mass is 10.1. The van der Waals surface area contributed by atoms with Crippen molar-refractivity contribution < 1.29 is 14.0 Å². The maximum Gasteiger partial charge on any atom is 0.272 e. The van der Waals surface area contributed by atoms with E-state index in [1.54, 1.807) is 30.3 Å². The van der Waals surface area contributed by atoms with Crippen molar-refractivity contribution in [2.75, 3.05) is 10.3 Å². The van der Waals surface area contributed by atoms with Crippen molar-refractivity contribution in [2.24, 2.45) is 10.8 Å². The van der Waals surface area contributed by atoms with Crippen molar-refractivity contribution in [3.8, 4) is 0 Å². The van der Waals surface area contributed by atoms with E-state index in [0.29, 0.717) is 10.2 Å². The van der Waals surface area contributed by atoms with E-state index in [4.69, 9.17) is 5.73 Å². The maximum absolute atomic E-state index is 13.9. The lowest BCUT2D eigenvalue weighted by Gasteiger charge is -2.20. The summed E-state index contributed by atoms with van der Waals surface area (Å²) in [6, 6.07) is 12.4. The van der Waals surface area contributed by atoms with Gasteiger partial charge in [-0.1, -0.05) is 34.1 Å². The molecule has 0 aromatic heterocycles. The number of nitrogens with one attached hydrogen (secondary N) is 1. The van der Waals surface area contributed by atoms with Crippen molar-refractivity contribution in [1.82, 2.24) is 0 Å². The number of rotatable bonds is 4. The first-order chi connectivity index (χ1) is 12.0. The zero-order chi connectivity index (χ0) is 18.0. The lowest BCUT2D eigenvalue weighted by molar-refractivity contribution is -0.119. The predicted molar refractivity (Wildman–Crippen MR) is 96.7 cm³/mol. The molecule has 0 radical (unpaired) electrons. The average Bonchev–Trinajstić information content (AvgIpc) is 3.04. The fraction of sp³-hybridized carbons (Fsp3) is 0.118. The Morgan fingerprint density at radius 3 is 2.60 bits per heavy atom. The van der Waals surface area contributed by atoms with Gasteiger partial charge in [-0.05, 0) is 30.3 Å². The standard InChI is InChI=1S/C17H14BrFN4O2/c18-10-6-7-13(12(19)8-10)21-17(25)14-9-15(16(20)24)23(22-14)11-4-2-1-3-5-11/h1-8,15H,9H2,(H2,20,24)(H,21,25)/t15-/m0/s1. The van der Waals surface area contributed by atoms with Crippen molar-refractivity contribution in [1.29, 1.82) is 0 Å². The molecule has 1 aliphatic heterocycles. The second kappa shape index (κ2) is 7.02. The molecule has 1 atom stereocenters. The number of nitrogens with two attached hydrogens (primary N) is 1. The summed E-state index contributed by atoms with van der Waals surface area (Å²) in [5, 5.41) is 8.09. The van der Waals surface area contributed by atoms with Crippen LogP contribution in [0.1, 0.15) is 6.42 Å². The molecule has 128 valence electrons. The summed E-state index contributed by atoms with van der Waals surface area (Å²) in [6.45, 7) is 0. The van der Waals surface area contributed by atoms with Gasteiger partial charge in [0.05, 0.1) is 11.4 Å². The summed E-state index contributed by atoms with van der Waals surface area (Å²) in [6.07, 6.45) is 0.0498. The minimum atomic E-state index is -0.766. The second-order valence-electron chi connectivity index (χ2n) is 5.43. The number of carbonyl (C=O) groups excluding carboxylic acids is 2. The van der Waals surface area contributed by atoms with E-state index in [9.17, 15) is 14.0 Å². The van der Waals surface area contributed by atoms with E-state index in [1.807, 2.05) is 6.07 Å². The number of para-hydroxylation sites is 1. The number of anilines is 2. The first-order valence-corrected chi connectivity index (χ1v) is 8.22. The fourth-order valence-corrected chi connectivity index (χ4v) is 2.81. The molecule has 3 rings (SSSR count). The zero-order valence-electron chi connectivity index (χ0n) is 12.9. The van der Waals surface area contributed by atoms with E-state index in [2.05, 4.69) is 26.3 Å². The van der Waals surface area contributed by atoms with Crippen LogP contribution in [0.4, 0.5) is 15.8 Å². The third kappa shape index (κ3) is 3.69. The van der Waals surface area contributed by atoms with Gasteiger partial charge in [0.25, 0.3) is 5.91 Å². The minimum absolute atomic E-state index is 0.0321. The number of hydrogen-bond acceptors (Lipinski definition) is 4. The number of hydrazone groups is 1. The SMILES string of the molecule is NC(=O)[C@@H]1CC(C(=O)Nc2ccc(Br)cc2F)=NN1c1ccccc1. The molecule has 2 amide bonds. The summed E-state index contributed by atoms with van der Waals surface area (Å²) in [5.74, 6) is -1.75. The Kier molecular flexibility index (Phi) is 4.80. The molecule has 3 N–H and O–H groups in total. The Balaban J connectivity index is 1.84.